The molecule has 0 aliphatic carbocycles. The molecule has 0 radical (unpaired) electrons. The van der Waals surface area contributed by atoms with Crippen LogP contribution in [0.5, 0.6) is 0 Å². The molecule has 2 amide bonds. The van der Waals surface area contributed by atoms with E-state index in [4.69, 9.17) is 11.6 Å². The summed E-state index contributed by atoms with van der Waals surface area (Å²) in [6.07, 6.45) is 0.601. The first-order valence-corrected chi connectivity index (χ1v) is 10.2. The number of hydrogen-bond acceptors (Lipinski definition) is 3. The van der Waals surface area contributed by atoms with Crippen molar-refractivity contribution in [3.63, 3.8) is 0 Å². The zero-order chi connectivity index (χ0) is 21.1. The number of carbonyl (C=O) groups is 2. The number of aryl methyl sites for hydroxylation is 1. The van der Waals surface area contributed by atoms with E-state index in [-0.39, 0.29) is 17.5 Å². The van der Waals surface area contributed by atoms with E-state index >= 15 is 0 Å². The summed E-state index contributed by atoms with van der Waals surface area (Å²) in [6, 6.07) is 24.5. The molecule has 3 aromatic carbocycles. The molecule has 1 aliphatic rings. The Balaban J connectivity index is 1.69. The smallest absolute Gasteiger partial charge is 0.278 e. The van der Waals surface area contributed by atoms with Crippen LogP contribution in [0.15, 0.2) is 84.6 Å². The first-order chi connectivity index (χ1) is 14.5. The number of amides is 2. The van der Waals surface area contributed by atoms with Crippen molar-refractivity contribution in [1.82, 2.24) is 4.90 Å². The summed E-state index contributed by atoms with van der Waals surface area (Å²) in [6.45, 7) is 2.24. The first kappa shape index (κ1) is 19.9. The van der Waals surface area contributed by atoms with Crippen molar-refractivity contribution in [3.05, 3.63) is 106 Å². The van der Waals surface area contributed by atoms with Crippen molar-refractivity contribution in [2.75, 3.05) is 11.9 Å². The number of hydrogen-bond donors (Lipinski definition) is 1. The van der Waals surface area contributed by atoms with E-state index in [1.54, 1.807) is 12.1 Å². The standard InChI is InChI=1S/C25H21ClN2O2/c1-17-12-13-20(26)16-21(17)27-23-22(19-10-6-3-7-11-19)24(29)28(25(23)30)15-14-18-8-4-2-5-9-18/h2-13,16,27H,14-15H2,1H3. The lowest BCUT2D eigenvalue weighted by molar-refractivity contribution is -0.136. The van der Waals surface area contributed by atoms with Gasteiger partial charge in [0.25, 0.3) is 11.8 Å². The van der Waals surface area contributed by atoms with Crippen LogP contribution in [0.3, 0.4) is 0 Å². The van der Waals surface area contributed by atoms with Gasteiger partial charge in [0.1, 0.15) is 5.70 Å². The van der Waals surface area contributed by atoms with Gasteiger partial charge in [-0.05, 0) is 42.2 Å². The summed E-state index contributed by atoms with van der Waals surface area (Å²) in [5, 5.41) is 3.75. The van der Waals surface area contributed by atoms with E-state index in [9.17, 15) is 9.59 Å². The Labute approximate surface area is 180 Å². The second kappa shape index (κ2) is 8.56. The number of anilines is 1. The largest absolute Gasteiger partial charge is 0.350 e. The molecule has 0 unspecified atom stereocenters. The van der Waals surface area contributed by atoms with Gasteiger partial charge in [0.2, 0.25) is 0 Å². The fourth-order valence-corrected chi connectivity index (χ4v) is 3.69. The summed E-state index contributed by atoms with van der Waals surface area (Å²) in [5.74, 6) is -0.613. The monoisotopic (exact) mass is 416 g/mol. The van der Waals surface area contributed by atoms with Gasteiger partial charge in [0.15, 0.2) is 0 Å². The predicted molar refractivity (Wildman–Crippen MR) is 120 cm³/mol. The van der Waals surface area contributed by atoms with Gasteiger partial charge in [-0.1, -0.05) is 78.3 Å². The third kappa shape index (κ3) is 4.00. The van der Waals surface area contributed by atoms with Crippen LogP contribution < -0.4 is 5.32 Å². The van der Waals surface area contributed by atoms with Crippen LogP contribution in [0.1, 0.15) is 16.7 Å². The van der Waals surface area contributed by atoms with Gasteiger partial charge >= 0.3 is 0 Å². The molecule has 1 N–H and O–H groups in total. The number of nitrogens with zero attached hydrogens (tertiary/aromatic N) is 1. The molecule has 30 heavy (non-hydrogen) atoms. The highest BCUT2D eigenvalue weighted by molar-refractivity contribution is 6.36. The molecule has 1 aliphatic heterocycles. The maximum Gasteiger partial charge on any atom is 0.278 e. The summed E-state index contributed by atoms with van der Waals surface area (Å²) >= 11 is 6.15. The normalized spacial score (nSPS) is 13.9. The Morgan fingerprint density at radius 2 is 1.53 bits per heavy atom. The van der Waals surface area contributed by atoms with Crippen LogP contribution in [0.25, 0.3) is 5.57 Å². The average molecular weight is 417 g/mol. The van der Waals surface area contributed by atoms with E-state index in [1.807, 2.05) is 73.7 Å². The number of imide groups is 1. The van der Waals surface area contributed by atoms with Crippen LogP contribution in [-0.2, 0) is 16.0 Å². The van der Waals surface area contributed by atoms with Gasteiger partial charge in [0.05, 0.1) is 5.57 Å². The summed E-state index contributed by atoms with van der Waals surface area (Å²) in [4.78, 5) is 27.9. The predicted octanol–water partition coefficient (Wildman–Crippen LogP) is 5.08. The molecule has 3 aromatic rings. The van der Waals surface area contributed by atoms with Crippen LogP contribution in [0, 0.1) is 6.92 Å². The highest BCUT2D eigenvalue weighted by Crippen LogP contribution is 2.32. The van der Waals surface area contributed by atoms with Crippen molar-refractivity contribution < 1.29 is 9.59 Å². The highest BCUT2D eigenvalue weighted by Gasteiger charge is 2.39. The fourth-order valence-electron chi connectivity index (χ4n) is 3.52. The van der Waals surface area contributed by atoms with Crippen LogP contribution >= 0.6 is 11.6 Å². The lowest BCUT2D eigenvalue weighted by Crippen LogP contribution is -2.34. The highest BCUT2D eigenvalue weighted by atomic mass is 35.5. The van der Waals surface area contributed by atoms with Crippen molar-refractivity contribution in [2.24, 2.45) is 0 Å². The molecule has 0 fully saturated rings. The molecule has 4 nitrogen and oxygen atoms in total. The van der Waals surface area contributed by atoms with E-state index in [2.05, 4.69) is 5.32 Å². The zero-order valence-corrected chi connectivity index (χ0v) is 17.3. The maximum atomic E-state index is 13.3. The number of benzene rings is 3. The zero-order valence-electron chi connectivity index (χ0n) is 16.6. The molecule has 0 spiro atoms. The second-order valence-corrected chi connectivity index (χ2v) is 7.63. The molecular formula is C25H21ClN2O2. The van der Waals surface area contributed by atoms with Gasteiger partial charge < -0.3 is 5.32 Å². The van der Waals surface area contributed by atoms with Crippen molar-refractivity contribution in [2.45, 2.75) is 13.3 Å². The Morgan fingerprint density at radius 1 is 0.867 bits per heavy atom. The number of nitrogens with one attached hydrogen (secondary N) is 1. The summed E-state index contributed by atoms with van der Waals surface area (Å²) < 4.78 is 0. The van der Waals surface area contributed by atoms with Crippen LogP contribution in [0.4, 0.5) is 5.69 Å². The third-order valence-electron chi connectivity index (χ3n) is 5.16. The van der Waals surface area contributed by atoms with E-state index in [0.29, 0.717) is 34.8 Å². The first-order valence-electron chi connectivity index (χ1n) is 9.77. The number of halogens is 1. The molecule has 1 heterocycles. The SMILES string of the molecule is Cc1ccc(Cl)cc1NC1=C(c2ccccc2)C(=O)N(CCc2ccccc2)C1=O. The minimum Gasteiger partial charge on any atom is -0.350 e. The van der Waals surface area contributed by atoms with Gasteiger partial charge in [-0.2, -0.15) is 0 Å². The van der Waals surface area contributed by atoms with Crippen molar-refractivity contribution in [1.29, 1.82) is 0 Å². The lowest BCUT2D eigenvalue weighted by atomic mass is 10.0. The van der Waals surface area contributed by atoms with Gasteiger partial charge in [-0.25, -0.2) is 0 Å². The topological polar surface area (TPSA) is 49.4 Å². The Hall–Kier alpha value is -3.37. The quantitative estimate of drug-likeness (QED) is 0.570. The molecule has 0 aromatic heterocycles. The van der Waals surface area contributed by atoms with Crippen LogP contribution in [0.2, 0.25) is 5.02 Å². The molecule has 0 saturated heterocycles. The summed E-state index contributed by atoms with van der Waals surface area (Å²) in [7, 11) is 0. The fraction of sp³-hybridized carbons (Fsp3) is 0.120. The number of rotatable bonds is 6. The Morgan fingerprint density at radius 3 is 2.23 bits per heavy atom. The average Bonchev–Trinajstić information content (AvgIpc) is 3.00. The van der Waals surface area contributed by atoms with Crippen molar-refractivity contribution >= 4 is 34.7 Å². The lowest BCUT2D eigenvalue weighted by Gasteiger charge is -2.16. The van der Waals surface area contributed by atoms with Crippen LogP contribution in [-0.4, -0.2) is 23.3 Å². The summed E-state index contributed by atoms with van der Waals surface area (Å²) in [5.41, 5.74) is 4.09. The maximum absolute atomic E-state index is 13.3. The molecule has 0 saturated carbocycles. The Bertz CT molecular complexity index is 1120. The molecule has 4 rings (SSSR count). The number of carbonyl (C=O) groups excluding carboxylic acids is 2. The van der Waals surface area contributed by atoms with Crippen molar-refractivity contribution in [3.8, 4) is 0 Å². The second-order valence-electron chi connectivity index (χ2n) is 7.20. The minimum atomic E-state index is -0.325. The molecular weight excluding hydrogens is 396 g/mol. The van der Waals surface area contributed by atoms with Gasteiger partial charge in [-0.15, -0.1) is 0 Å². The molecule has 0 atom stereocenters. The molecule has 0 bridgehead atoms. The molecule has 5 heteroatoms. The molecule has 150 valence electrons. The van der Waals surface area contributed by atoms with Gasteiger partial charge in [0, 0.05) is 17.3 Å². The van der Waals surface area contributed by atoms with Gasteiger partial charge in [-0.3, -0.25) is 14.5 Å². The Kier molecular flexibility index (Phi) is 5.68. The van der Waals surface area contributed by atoms with E-state index in [0.717, 1.165) is 11.1 Å². The third-order valence-corrected chi connectivity index (χ3v) is 5.39. The van der Waals surface area contributed by atoms with E-state index < -0.39 is 0 Å². The van der Waals surface area contributed by atoms with E-state index in [1.165, 1.54) is 4.90 Å². The minimum absolute atomic E-state index is 0.282.